The maximum absolute atomic E-state index is 12.8. The second kappa shape index (κ2) is 8.42. The standard InChI is InChI=1S/C26H27N7O3/c1-16-15-35-11-10-31(16)24-12-20(21-13-28-33(25(21)29-24)23-8-9-27-30-23)17-2-4-18(5-3-17)32-14-19-6-7-22(36-19)26(32)34/h2-5,8-9,12-13,16,19,22H,6-7,10-11,14-15H2,1H3,(H,27,30)/t16-,19?,22?/m1/s1. The summed E-state index contributed by atoms with van der Waals surface area (Å²) in [5.41, 5.74) is 3.73. The zero-order valence-electron chi connectivity index (χ0n) is 20.0. The van der Waals surface area contributed by atoms with Gasteiger partial charge >= 0.3 is 0 Å². The van der Waals surface area contributed by atoms with E-state index in [9.17, 15) is 4.79 Å². The first kappa shape index (κ1) is 21.5. The molecular formula is C26H27N7O3. The van der Waals surface area contributed by atoms with Gasteiger partial charge in [-0.1, -0.05) is 12.1 Å². The van der Waals surface area contributed by atoms with Gasteiger partial charge in [-0.25, -0.2) is 4.98 Å². The van der Waals surface area contributed by atoms with Gasteiger partial charge in [0.15, 0.2) is 11.5 Å². The minimum Gasteiger partial charge on any atom is -0.377 e. The molecule has 1 aromatic carbocycles. The van der Waals surface area contributed by atoms with Crippen molar-refractivity contribution in [2.45, 2.75) is 38.0 Å². The number of H-pyrrole nitrogens is 1. The first-order chi connectivity index (χ1) is 17.7. The van der Waals surface area contributed by atoms with Crippen molar-refractivity contribution >= 4 is 28.4 Å². The van der Waals surface area contributed by atoms with Crippen molar-refractivity contribution in [3.8, 4) is 16.9 Å². The number of morpholine rings is 2. The van der Waals surface area contributed by atoms with E-state index in [1.54, 1.807) is 10.9 Å². The van der Waals surface area contributed by atoms with Crippen LogP contribution in [0, 0.1) is 0 Å². The lowest BCUT2D eigenvalue weighted by Crippen LogP contribution is -2.47. The molecule has 2 bridgehead atoms. The van der Waals surface area contributed by atoms with Gasteiger partial charge in [-0.3, -0.25) is 9.89 Å². The van der Waals surface area contributed by atoms with E-state index in [0.29, 0.717) is 25.6 Å². The topological polar surface area (TPSA) is 101 Å². The number of amides is 1. The van der Waals surface area contributed by atoms with Crippen LogP contribution in [0.15, 0.2) is 48.8 Å². The van der Waals surface area contributed by atoms with E-state index in [1.807, 2.05) is 29.3 Å². The summed E-state index contributed by atoms with van der Waals surface area (Å²) in [6.07, 6.45) is 5.22. The third-order valence-electron chi connectivity index (χ3n) is 7.42. The number of rotatable bonds is 4. The van der Waals surface area contributed by atoms with Crippen LogP contribution in [-0.4, -0.2) is 75.4 Å². The van der Waals surface area contributed by atoms with Crippen molar-refractivity contribution in [3.63, 3.8) is 0 Å². The number of hydrogen-bond acceptors (Lipinski definition) is 7. The smallest absolute Gasteiger partial charge is 0.256 e. The number of carbonyl (C=O) groups excluding carboxylic acids is 1. The lowest BCUT2D eigenvalue weighted by molar-refractivity contribution is -0.133. The van der Waals surface area contributed by atoms with Crippen LogP contribution >= 0.6 is 0 Å². The highest BCUT2D eigenvalue weighted by Crippen LogP contribution is 2.35. The molecular weight excluding hydrogens is 458 g/mol. The van der Waals surface area contributed by atoms with E-state index in [1.165, 1.54) is 0 Å². The van der Waals surface area contributed by atoms with Crippen molar-refractivity contribution in [1.29, 1.82) is 0 Å². The Morgan fingerprint density at radius 2 is 2.00 bits per heavy atom. The second-order valence-corrected chi connectivity index (χ2v) is 9.69. The Labute approximate surface area is 207 Å². The summed E-state index contributed by atoms with van der Waals surface area (Å²) in [4.78, 5) is 22.0. The Morgan fingerprint density at radius 3 is 2.81 bits per heavy atom. The number of ether oxygens (including phenoxy) is 2. The second-order valence-electron chi connectivity index (χ2n) is 9.69. The zero-order valence-corrected chi connectivity index (χ0v) is 20.0. The first-order valence-electron chi connectivity index (χ1n) is 12.5. The highest BCUT2D eigenvalue weighted by atomic mass is 16.5. The molecule has 7 rings (SSSR count). The van der Waals surface area contributed by atoms with E-state index >= 15 is 0 Å². The molecule has 1 amide bonds. The Morgan fingerprint density at radius 1 is 1.11 bits per heavy atom. The van der Waals surface area contributed by atoms with Crippen LogP contribution < -0.4 is 9.80 Å². The SMILES string of the molecule is C[C@@H]1COCCN1c1cc(-c2ccc(N3CC4CCC(O4)C3=O)cc2)c2cnn(-c3cc[nH]n3)c2n1. The number of pyridine rings is 1. The first-order valence-corrected chi connectivity index (χ1v) is 12.5. The van der Waals surface area contributed by atoms with Gasteiger partial charge < -0.3 is 19.3 Å². The fraction of sp³-hybridized carbons (Fsp3) is 0.385. The molecule has 0 aliphatic carbocycles. The summed E-state index contributed by atoms with van der Waals surface area (Å²) < 4.78 is 13.2. The molecule has 3 aliphatic heterocycles. The number of fused-ring (bicyclic) bond motifs is 3. The van der Waals surface area contributed by atoms with E-state index in [-0.39, 0.29) is 24.2 Å². The average Bonchev–Trinajstić information content (AvgIpc) is 3.66. The molecule has 3 aliphatic rings. The molecule has 3 saturated heterocycles. The van der Waals surface area contributed by atoms with Gasteiger partial charge in [-0.2, -0.15) is 14.9 Å². The maximum atomic E-state index is 12.8. The normalized spacial score (nSPS) is 24.1. The Balaban J connectivity index is 1.31. The minimum absolute atomic E-state index is 0.0617. The van der Waals surface area contributed by atoms with Crippen LogP contribution in [0.2, 0.25) is 0 Å². The number of nitrogens with one attached hydrogen (secondary N) is 1. The number of aromatic nitrogens is 5. The predicted octanol–water partition coefficient (Wildman–Crippen LogP) is 2.93. The van der Waals surface area contributed by atoms with Crippen molar-refractivity contribution in [2.24, 2.45) is 0 Å². The number of anilines is 2. The van der Waals surface area contributed by atoms with Gasteiger partial charge in [0.1, 0.15) is 11.9 Å². The average molecular weight is 486 g/mol. The molecule has 4 aromatic rings. The summed E-state index contributed by atoms with van der Waals surface area (Å²) in [6.45, 7) is 4.87. The molecule has 184 valence electrons. The monoisotopic (exact) mass is 485 g/mol. The van der Waals surface area contributed by atoms with Gasteiger partial charge in [0.2, 0.25) is 0 Å². The van der Waals surface area contributed by atoms with Crippen LogP contribution in [-0.2, 0) is 14.3 Å². The fourth-order valence-electron chi connectivity index (χ4n) is 5.52. The highest BCUT2D eigenvalue weighted by molar-refractivity contribution is 5.99. The summed E-state index contributed by atoms with van der Waals surface area (Å²) >= 11 is 0. The molecule has 6 heterocycles. The minimum atomic E-state index is -0.297. The Kier molecular flexibility index (Phi) is 5.03. The highest BCUT2D eigenvalue weighted by Gasteiger charge is 2.40. The lowest BCUT2D eigenvalue weighted by atomic mass is 10.0. The molecule has 3 aromatic heterocycles. The van der Waals surface area contributed by atoms with Gasteiger partial charge in [0.25, 0.3) is 5.91 Å². The molecule has 36 heavy (non-hydrogen) atoms. The maximum Gasteiger partial charge on any atom is 0.256 e. The van der Waals surface area contributed by atoms with Gasteiger partial charge in [0.05, 0.1) is 38.1 Å². The predicted molar refractivity (Wildman–Crippen MR) is 134 cm³/mol. The quantitative estimate of drug-likeness (QED) is 0.474. The largest absolute Gasteiger partial charge is 0.377 e. The third kappa shape index (κ3) is 3.48. The summed E-state index contributed by atoms with van der Waals surface area (Å²) in [7, 11) is 0. The van der Waals surface area contributed by atoms with Crippen molar-refractivity contribution in [2.75, 3.05) is 36.1 Å². The molecule has 10 heteroatoms. The van der Waals surface area contributed by atoms with Gasteiger partial charge in [0, 0.05) is 29.9 Å². The summed E-state index contributed by atoms with van der Waals surface area (Å²) in [5.74, 6) is 1.63. The van der Waals surface area contributed by atoms with Crippen LogP contribution in [0.3, 0.4) is 0 Å². The lowest BCUT2D eigenvalue weighted by Gasteiger charge is -2.34. The zero-order chi connectivity index (χ0) is 24.2. The fourth-order valence-corrected chi connectivity index (χ4v) is 5.52. The van der Waals surface area contributed by atoms with E-state index in [0.717, 1.165) is 53.1 Å². The van der Waals surface area contributed by atoms with E-state index in [2.05, 4.69) is 45.3 Å². The third-order valence-corrected chi connectivity index (χ3v) is 7.42. The molecule has 0 saturated carbocycles. The summed E-state index contributed by atoms with van der Waals surface area (Å²) in [6, 6.07) is 12.4. The van der Waals surface area contributed by atoms with Crippen LogP contribution in [0.1, 0.15) is 19.8 Å². The van der Waals surface area contributed by atoms with Gasteiger partial charge in [-0.15, -0.1) is 0 Å². The number of hydrogen-bond donors (Lipinski definition) is 1. The number of nitrogens with zero attached hydrogens (tertiary/aromatic N) is 6. The van der Waals surface area contributed by atoms with Crippen molar-refractivity contribution in [1.82, 2.24) is 25.0 Å². The van der Waals surface area contributed by atoms with Crippen LogP contribution in [0.4, 0.5) is 11.5 Å². The molecule has 10 nitrogen and oxygen atoms in total. The van der Waals surface area contributed by atoms with Crippen LogP contribution in [0.25, 0.3) is 28.0 Å². The van der Waals surface area contributed by atoms with E-state index in [4.69, 9.17) is 14.5 Å². The molecule has 0 spiro atoms. The van der Waals surface area contributed by atoms with E-state index < -0.39 is 0 Å². The van der Waals surface area contributed by atoms with Crippen LogP contribution in [0.5, 0.6) is 0 Å². The molecule has 2 unspecified atom stereocenters. The van der Waals surface area contributed by atoms with Crippen molar-refractivity contribution < 1.29 is 14.3 Å². The Bertz CT molecular complexity index is 1420. The van der Waals surface area contributed by atoms with Gasteiger partial charge in [-0.05, 0) is 49.1 Å². The van der Waals surface area contributed by atoms with Crippen molar-refractivity contribution in [3.05, 3.63) is 48.8 Å². The molecule has 3 atom stereocenters. The number of carbonyl (C=O) groups is 1. The molecule has 0 radical (unpaired) electrons. The summed E-state index contributed by atoms with van der Waals surface area (Å²) in [5, 5.41) is 12.7. The number of benzene rings is 1. The molecule has 3 fully saturated rings. The Hall–Kier alpha value is -3.76. The molecule has 1 N–H and O–H groups in total. The number of aromatic amines is 1.